The SMILES string of the molecule is CC(C)S1(=O)=N[C@H](c2ccccc2)CC1. The second-order valence-electron chi connectivity index (χ2n) is 4.26. The van der Waals surface area contributed by atoms with Gasteiger partial charge in [0, 0.05) is 20.7 Å². The van der Waals surface area contributed by atoms with Crippen molar-refractivity contribution in [2.24, 2.45) is 4.36 Å². The highest BCUT2D eigenvalue weighted by Crippen LogP contribution is 2.31. The minimum atomic E-state index is -1.94. The first-order chi connectivity index (χ1) is 7.12. The molecule has 0 radical (unpaired) electrons. The number of rotatable bonds is 2. The number of nitrogens with zero attached hydrogens (tertiary/aromatic N) is 1. The zero-order valence-corrected chi connectivity index (χ0v) is 10.0. The summed E-state index contributed by atoms with van der Waals surface area (Å²) in [4.78, 5) is 0. The first kappa shape index (κ1) is 10.7. The van der Waals surface area contributed by atoms with E-state index >= 15 is 0 Å². The van der Waals surface area contributed by atoms with Crippen LogP contribution in [0, 0.1) is 0 Å². The number of benzene rings is 1. The first-order valence-electron chi connectivity index (χ1n) is 5.39. The fraction of sp³-hybridized carbons (Fsp3) is 0.500. The zero-order chi connectivity index (χ0) is 10.9. The monoisotopic (exact) mass is 223 g/mol. The standard InChI is InChI=1S/C12H17NOS/c1-10(2)15(14)9-8-12(13-15)11-6-4-3-5-7-11/h3-7,10,12H,8-9H2,1-2H3/t12-,15?/m0/s1. The van der Waals surface area contributed by atoms with Crippen molar-refractivity contribution in [2.45, 2.75) is 31.6 Å². The molecule has 0 fully saturated rings. The van der Waals surface area contributed by atoms with Crippen LogP contribution in [0.1, 0.15) is 31.9 Å². The Morgan fingerprint density at radius 2 is 2.00 bits per heavy atom. The Labute approximate surface area is 91.9 Å². The molecule has 0 N–H and O–H groups in total. The second kappa shape index (κ2) is 3.97. The largest absolute Gasteiger partial charge is 0.249 e. The molecule has 0 aromatic heterocycles. The van der Waals surface area contributed by atoms with Gasteiger partial charge in [-0.1, -0.05) is 44.2 Å². The Kier molecular flexibility index (Phi) is 2.83. The van der Waals surface area contributed by atoms with Crippen LogP contribution in [-0.2, 0) is 9.73 Å². The normalized spacial score (nSPS) is 30.5. The Morgan fingerprint density at radius 1 is 1.33 bits per heavy atom. The van der Waals surface area contributed by atoms with Gasteiger partial charge in [0.25, 0.3) is 0 Å². The Bertz CT molecular complexity index is 444. The lowest BCUT2D eigenvalue weighted by Gasteiger charge is -2.07. The number of hydrogen-bond acceptors (Lipinski definition) is 2. The van der Waals surface area contributed by atoms with Crippen LogP contribution in [0.5, 0.6) is 0 Å². The van der Waals surface area contributed by atoms with Crippen molar-refractivity contribution in [1.82, 2.24) is 0 Å². The maximum atomic E-state index is 12.3. The summed E-state index contributed by atoms with van der Waals surface area (Å²) in [6.45, 7) is 4.00. The van der Waals surface area contributed by atoms with Gasteiger partial charge in [-0.15, -0.1) is 0 Å². The maximum absolute atomic E-state index is 12.3. The third-order valence-corrected chi connectivity index (χ3v) is 5.82. The van der Waals surface area contributed by atoms with Gasteiger partial charge in [0.15, 0.2) is 0 Å². The molecule has 1 aromatic carbocycles. The smallest absolute Gasteiger partial charge is 0.0852 e. The van der Waals surface area contributed by atoms with Gasteiger partial charge in [0.05, 0.1) is 6.04 Å². The average Bonchev–Trinajstić information content (AvgIpc) is 2.64. The zero-order valence-electron chi connectivity index (χ0n) is 9.22. The summed E-state index contributed by atoms with van der Waals surface area (Å²) in [7, 11) is -1.94. The van der Waals surface area contributed by atoms with E-state index in [2.05, 4.69) is 16.5 Å². The van der Waals surface area contributed by atoms with Crippen molar-refractivity contribution < 1.29 is 4.21 Å². The third-order valence-electron chi connectivity index (χ3n) is 2.91. The first-order valence-corrected chi connectivity index (χ1v) is 7.14. The lowest BCUT2D eigenvalue weighted by Crippen LogP contribution is -2.13. The molecule has 1 aliphatic heterocycles. The lowest BCUT2D eigenvalue weighted by atomic mass is 10.1. The fourth-order valence-corrected chi connectivity index (χ4v) is 3.90. The molecule has 0 aliphatic carbocycles. The average molecular weight is 223 g/mol. The van der Waals surface area contributed by atoms with Crippen molar-refractivity contribution in [1.29, 1.82) is 0 Å². The Balaban J connectivity index is 2.31. The van der Waals surface area contributed by atoms with Crippen LogP contribution in [0.15, 0.2) is 34.7 Å². The minimum Gasteiger partial charge on any atom is -0.249 e. The maximum Gasteiger partial charge on any atom is 0.0852 e. The molecule has 2 atom stereocenters. The van der Waals surface area contributed by atoms with Crippen LogP contribution >= 0.6 is 0 Å². The van der Waals surface area contributed by atoms with E-state index in [4.69, 9.17) is 0 Å². The van der Waals surface area contributed by atoms with Crippen molar-refractivity contribution in [2.75, 3.05) is 5.75 Å². The summed E-state index contributed by atoms with van der Waals surface area (Å²) >= 11 is 0. The van der Waals surface area contributed by atoms with Crippen LogP contribution < -0.4 is 0 Å². The van der Waals surface area contributed by atoms with E-state index < -0.39 is 9.73 Å². The quantitative estimate of drug-likeness (QED) is 0.758. The predicted octanol–water partition coefficient (Wildman–Crippen LogP) is 3.01. The highest BCUT2D eigenvalue weighted by Gasteiger charge is 2.26. The van der Waals surface area contributed by atoms with Crippen molar-refractivity contribution in [3.05, 3.63) is 35.9 Å². The fourth-order valence-electron chi connectivity index (χ4n) is 1.86. The van der Waals surface area contributed by atoms with Crippen molar-refractivity contribution >= 4 is 9.73 Å². The molecule has 0 bridgehead atoms. The van der Waals surface area contributed by atoms with E-state index in [-0.39, 0.29) is 11.3 Å². The van der Waals surface area contributed by atoms with E-state index in [1.54, 1.807) is 0 Å². The highest BCUT2D eigenvalue weighted by molar-refractivity contribution is 7.94. The van der Waals surface area contributed by atoms with Crippen molar-refractivity contribution in [3.63, 3.8) is 0 Å². The molecule has 0 saturated carbocycles. The molecule has 1 heterocycles. The van der Waals surface area contributed by atoms with E-state index in [0.717, 1.165) is 12.2 Å². The minimum absolute atomic E-state index is 0.154. The van der Waals surface area contributed by atoms with Gasteiger partial charge < -0.3 is 0 Å². The molecule has 1 aliphatic rings. The van der Waals surface area contributed by atoms with Crippen molar-refractivity contribution in [3.8, 4) is 0 Å². The number of hydrogen-bond donors (Lipinski definition) is 0. The van der Waals surface area contributed by atoms with Crippen LogP contribution in [-0.4, -0.2) is 15.2 Å². The molecule has 1 unspecified atom stereocenters. The molecular weight excluding hydrogens is 206 g/mol. The molecule has 2 rings (SSSR count). The molecule has 2 nitrogen and oxygen atoms in total. The Hall–Kier alpha value is -0.830. The van der Waals surface area contributed by atoms with E-state index in [1.165, 1.54) is 5.56 Å². The Morgan fingerprint density at radius 3 is 2.53 bits per heavy atom. The summed E-state index contributed by atoms with van der Waals surface area (Å²) in [5.41, 5.74) is 1.20. The summed E-state index contributed by atoms with van der Waals surface area (Å²) in [6.07, 6.45) is 0.932. The lowest BCUT2D eigenvalue weighted by molar-refractivity contribution is 0.672. The van der Waals surface area contributed by atoms with Crippen LogP contribution in [0.4, 0.5) is 0 Å². The molecule has 0 amide bonds. The molecular formula is C12H17NOS. The van der Waals surface area contributed by atoms with Gasteiger partial charge in [-0.2, -0.15) is 0 Å². The van der Waals surface area contributed by atoms with Gasteiger partial charge >= 0.3 is 0 Å². The van der Waals surface area contributed by atoms with Gasteiger partial charge in [-0.3, -0.25) is 0 Å². The molecule has 15 heavy (non-hydrogen) atoms. The van der Waals surface area contributed by atoms with E-state index in [9.17, 15) is 4.21 Å². The van der Waals surface area contributed by atoms with E-state index in [0.29, 0.717) is 0 Å². The van der Waals surface area contributed by atoms with Gasteiger partial charge in [0.2, 0.25) is 0 Å². The summed E-state index contributed by atoms with van der Waals surface area (Å²) in [5.74, 6) is 0.754. The second-order valence-corrected chi connectivity index (χ2v) is 7.20. The molecule has 1 aromatic rings. The summed E-state index contributed by atoms with van der Waals surface area (Å²) < 4.78 is 16.8. The summed E-state index contributed by atoms with van der Waals surface area (Å²) in [6, 6.07) is 10.3. The topological polar surface area (TPSA) is 29.4 Å². The van der Waals surface area contributed by atoms with Gasteiger partial charge in [-0.25, -0.2) is 8.57 Å². The molecule has 0 saturated heterocycles. The predicted molar refractivity (Wildman–Crippen MR) is 64.4 cm³/mol. The molecule has 3 heteroatoms. The molecule has 82 valence electrons. The highest BCUT2D eigenvalue weighted by atomic mass is 32.2. The molecule has 0 spiro atoms. The third kappa shape index (κ3) is 2.07. The van der Waals surface area contributed by atoms with Crippen LogP contribution in [0.25, 0.3) is 0 Å². The van der Waals surface area contributed by atoms with Crippen LogP contribution in [0.2, 0.25) is 0 Å². The van der Waals surface area contributed by atoms with Gasteiger partial charge in [-0.05, 0) is 12.0 Å². The van der Waals surface area contributed by atoms with Crippen LogP contribution in [0.3, 0.4) is 0 Å². The van der Waals surface area contributed by atoms with E-state index in [1.807, 2.05) is 32.0 Å². The van der Waals surface area contributed by atoms with Gasteiger partial charge in [0.1, 0.15) is 0 Å². The summed E-state index contributed by atoms with van der Waals surface area (Å²) in [5, 5.41) is 0.172.